The zero-order chi connectivity index (χ0) is 13.0. The Morgan fingerprint density at radius 2 is 2.11 bits per heavy atom. The van der Waals surface area contributed by atoms with Crippen LogP contribution in [0.15, 0.2) is 35.7 Å². The Balaban J connectivity index is 1.96. The minimum Gasteiger partial charge on any atom is -0.380 e. The summed E-state index contributed by atoms with van der Waals surface area (Å²) in [6.45, 7) is 1.78. The van der Waals surface area contributed by atoms with E-state index < -0.39 is 0 Å². The SMILES string of the molecule is CN(C)Cc1cccc(NCc2cc(Cl)cs2)c1. The summed E-state index contributed by atoms with van der Waals surface area (Å²) in [7, 11) is 4.15. The van der Waals surface area contributed by atoms with Crippen molar-refractivity contribution in [3.8, 4) is 0 Å². The first-order valence-electron chi connectivity index (χ1n) is 5.84. The molecule has 0 unspecified atom stereocenters. The predicted octanol–water partition coefficient (Wildman–Crippen LogP) is 4.08. The third-order valence-electron chi connectivity index (χ3n) is 2.51. The Labute approximate surface area is 117 Å². The van der Waals surface area contributed by atoms with Crippen molar-refractivity contribution >= 4 is 28.6 Å². The van der Waals surface area contributed by atoms with Crippen molar-refractivity contribution in [2.24, 2.45) is 0 Å². The Kier molecular flexibility index (Phi) is 4.64. The molecule has 18 heavy (non-hydrogen) atoms. The maximum absolute atomic E-state index is 5.90. The zero-order valence-corrected chi connectivity index (χ0v) is 12.2. The molecule has 0 fully saturated rings. The van der Waals surface area contributed by atoms with Gasteiger partial charge < -0.3 is 10.2 Å². The van der Waals surface area contributed by atoms with Crippen molar-refractivity contribution in [1.82, 2.24) is 4.90 Å². The first-order chi connectivity index (χ1) is 8.63. The topological polar surface area (TPSA) is 15.3 Å². The number of hydrogen-bond acceptors (Lipinski definition) is 3. The molecule has 0 bridgehead atoms. The number of benzene rings is 1. The lowest BCUT2D eigenvalue weighted by molar-refractivity contribution is 0.402. The van der Waals surface area contributed by atoms with Gasteiger partial charge in [-0.3, -0.25) is 0 Å². The van der Waals surface area contributed by atoms with E-state index >= 15 is 0 Å². The first kappa shape index (κ1) is 13.4. The van der Waals surface area contributed by atoms with Crippen molar-refractivity contribution in [1.29, 1.82) is 0 Å². The molecule has 1 aromatic carbocycles. The van der Waals surface area contributed by atoms with Gasteiger partial charge in [-0.1, -0.05) is 23.7 Å². The molecule has 0 aliphatic carbocycles. The summed E-state index contributed by atoms with van der Waals surface area (Å²) >= 11 is 7.58. The van der Waals surface area contributed by atoms with E-state index in [2.05, 4.69) is 48.6 Å². The molecule has 4 heteroatoms. The van der Waals surface area contributed by atoms with Gasteiger partial charge in [0.15, 0.2) is 0 Å². The number of thiophene rings is 1. The number of rotatable bonds is 5. The van der Waals surface area contributed by atoms with Crippen molar-refractivity contribution in [2.75, 3.05) is 19.4 Å². The van der Waals surface area contributed by atoms with Crippen molar-refractivity contribution < 1.29 is 0 Å². The molecular formula is C14H17ClN2S. The van der Waals surface area contributed by atoms with Crippen molar-refractivity contribution in [2.45, 2.75) is 13.1 Å². The van der Waals surface area contributed by atoms with E-state index in [1.54, 1.807) is 11.3 Å². The monoisotopic (exact) mass is 280 g/mol. The Morgan fingerprint density at radius 3 is 2.78 bits per heavy atom. The Morgan fingerprint density at radius 1 is 1.28 bits per heavy atom. The van der Waals surface area contributed by atoms with Crippen LogP contribution in [-0.2, 0) is 13.1 Å². The largest absolute Gasteiger partial charge is 0.380 e. The molecule has 1 aromatic heterocycles. The van der Waals surface area contributed by atoms with Gasteiger partial charge >= 0.3 is 0 Å². The summed E-state index contributed by atoms with van der Waals surface area (Å²) in [6, 6.07) is 10.5. The second kappa shape index (κ2) is 6.23. The van der Waals surface area contributed by atoms with E-state index in [1.807, 2.05) is 11.4 Å². The van der Waals surface area contributed by atoms with E-state index in [0.29, 0.717) is 0 Å². The smallest absolute Gasteiger partial charge is 0.0516 e. The second-order valence-corrected chi connectivity index (χ2v) is 5.96. The normalized spacial score (nSPS) is 10.9. The standard InChI is InChI=1S/C14H17ClN2S/c1-17(2)9-11-4-3-5-13(6-11)16-8-14-7-12(15)10-18-14/h3-7,10,16H,8-9H2,1-2H3. The molecule has 2 aromatic rings. The van der Waals surface area contributed by atoms with Gasteiger partial charge in [0.2, 0.25) is 0 Å². The molecule has 2 rings (SSSR count). The average molecular weight is 281 g/mol. The van der Waals surface area contributed by atoms with Gasteiger partial charge in [-0.05, 0) is 37.9 Å². The van der Waals surface area contributed by atoms with E-state index in [4.69, 9.17) is 11.6 Å². The average Bonchev–Trinajstić information content (AvgIpc) is 2.72. The van der Waals surface area contributed by atoms with E-state index in [-0.39, 0.29) is 0 Å². The summed E-state index contributed by atoms with van der Waals surface area (Å²) in [5, 5.41) is 6.20. The molecule has 1 heterocycles. The second-order valence-electron chi connectivity index (χ2n) is 4.52. The quantitative estimate of drug-likeness (QED) is 0.888. The number of halogens is 1. The summed E-state index contributed by atoms with van der Waals surface area (Å²) in [5.41, 5.74) is 2.47. The number of nitrogens with one attached hydrogen (secondary N) is 1. The number of anilines is 1. The van der Waals surface area contributed by atoms with Gasteiger partial charge in [0.1, 0.15) is 0 Å². The molecular weight excluding hydrogens is 264 g/mol. The maximum atomic E-state index is 5.90. The summed E-state index contributed by atoms with van der Waals surface area (Å²) in [4.78, 5) is 3.41. The van der Waals surface area contributed by atoms with Gasteiger partial charge in [-0.15, -0.1) is 11.3 Å². The highest BCUT2D eigenvalue weighted by Crippen LogP contribution is 2.20. The lowest BCUT2D eigenvalue weighted by Gasteiger charge is -2.11. The summed E-state index contributed by atoms with van der Waals surface area (Å²) < 4.78 is 0. The van der Waals surface area contributed by atoms with Crippen LogP contribution in [0.4, 0.5) is 5.69 Å². The lowest BCUT2D eigenvalue weighted by atomic mass is 10.2. The molecule has 0 aliphatic heterocycles. The van der Waals surface area contributed by atoms with Crippen LogP contribution < -0.4 is 5.32 Å². The Bertz CT molecular complexity index is 508. The fourth-order valence-electron chi connectivity index (χ4n) is 1.78. The van der Waals surface area contributed by atoms with Gasteiger partial charge in [-0.2, -0.15) is 0 Å². The van der Waals surface area contributed by atoms with Crippen LogP contribution >= 0.6 is 22.9 Å². The molecule has 0 aliphatic rings. The van der Waals surface area contributed by atoms with Crippen LogP contribution in [0.2, 0.25) is 5.02 Å². The molecule has 0 spiro atoms. The van der Waals surface area contributed by atoms with Gasteiger partial charge in [0.25, 0.3) is 0 Å². The van der Waals surface area contributed by atoms with E-state index in [1.165, 1.54) is 10.4 Å². The third-order valence-corrected chi connectivity index (χ3v) is 3.80. The van der Waals surface area contributed by atoms with Crippen LogP contribution in [-0.4, -0.2) is 19.0 Å². The third kappa shape index (κ3) is 4.02. The molecule has 0 saturated heterocycles. The molecule has 1 N–H and O–H groups in total. The fraction of sp³-hybridized carbons (Fsp3) is 0.286. The van der Waals surface area contributed by atoms with Crippen LogP contribution in [0.1, 0.15) is 10.4 Å². The van der Waals surface area contributed by atoms with Gasteiger partial charge in [0.05, 0.1) is 5.02 Å². The Hall–Kier alpha value is -1.03. The van der Waals surface area contributed by atoms with Crippen LogP contribution in [0.3, 0.4) is 0 Å². The molecule has 0 amide bonds. The molecule has 2 nitrogen and oxygen atoms in total. The zero-order valence-electron chi connectivity index (χ0n) is 10.6. The summed E-state index contributed by atoms with van der Waals surface area (Å²) in [6.07, 6.45) is 0. The van der Waals surface area contributed by atoms with Crippen molar-refractivity contribution in [3.05, 3.63) is 51.2 Å². The maximum Gasteiger partial charge on any atom is 0.0516 e. The minimum atomic E-state index is 0.818. The van der Waals surface area contributed by atoms with E-state index in [0.717, 1.165) is 23.8 Å². The molecule has 0 atom stereocenters. The highest BCUT2D eigenvalue weighted by Gasteiger charge is 2.00. The highest BCUT2D eigenvalue weighted by atomic mass is 35.5. The van der Waals surface area contributed by atoms with Gasteiger partial charge in [0, 0.05) is 29.0 Å². The van der Waals surface area contributed by atoms with Crippen LogP contribution in [0.5, 0.6) is 0 Å². The van der Waals surface area contributed by atoms with Crippen LogP contribution in [0.25, 0.3) is 0 Å². The number of hydrogen-bond donors (Lipinski definition) is 1. The summed E-state index contributed by atoms with van der Waals surface area (Å²) in [5.74, 6) is 0. The molecule has 96 valence electrons. The minimum absolute atomic E-state index is 0.818. The molecule has 0 radical (unpaired) electrons. The van der Waals surface area contributed by atoms with Crippen LogP contribution in [0, 0.1) is 0 Å². The van der Waals surface area contributed by atoms with E-state index in [9.17, 15) is 0 Å². The lowest BCUT2D eigenvalue weighted by Crippen LogP contribution is -2.10. The first-order valence-corrected chi connectivity index (χ1v) is 7.10. The molecule has 0 saturated carbocycles. The predicted molar refractivity (Wildman–Crippen MR) is 80.5 cm³/mol. The fourth-order valence-corrected chi connectivity index (χ4v) is 2.79. The van der Waals surface area contributed by atoms with Crippen molar-refractivity contribution in [3.63, 3.8) is 0 Å². The van der Waals surface area contributed by atoms with Gasteiger partial charge in [-0.25, -0.2) is 0 Å². The highest BCUT2D eigenvalue weighted by molar-refractivity contribution is 7.10. The number of nitrogens with zero attached hydrogens (tertiary/aromatic N) is 1.